The molecule has 24 heavy (non-hydrogen) atoms. The van der Waals surface area contributed by atoms with Crippen molar-refractivity contribution in [2.45, 2.75) is 49.3 Å². The molecule has 0 aromatic rings. The Balaban J connectivity index is 0.00000208. The van der Waals surface area contributed by atoms with Crippen LogP contribution < -0.4 is 10.6 Å². The Morgan fingerprint density at radius 1 is 1.12 bits per heavy atom. The van der Waals surface area contributed by atoms with Gasteiger partial charge in [0.15, 0.2) is 5.96 Å². The number of nitrogens with one attached hydrogen (secondary N) is 2. The number of nitrogens with zero attached hydrogens (tertiary/aromatic N) is 2. The predicted molar refractivity (Wildman–Crippen MR) is 120 cm³/mol. The quantitative estimate of drug-likeness (QED) is 0.357. The topological polar surface area (TPSA) is 39.7 Å². The standard InChI is InChI=1S/C17H32N4S2.HI/c1-18-16(19-13-15-5-4-10-23-15)20-14-17(6-2-3-7-17)21-8-11-22-12-9-21;/h15H,2-14H2,1H3,(H2,18,19,20);1H. The molecule has 3 rings (SSSR count). The van der Waals surface area contributed by atoms with Crippen molar-refractivity contribution in [3.05, 3.63) is 0 Å². The molecular formula is C17H33IN4S2. The Labute approximate surface area is 173 Å². The SMILES string of the molecule is CN=C(NCC1CCCS1)NCC1(N2CCSCC2)CCCC1.I. The van der Waals surface area contributed by atoms with Gasteiger partial charge in [0.05, 0.1) is 0 Å². The van der Waals surface area contributed by atoms with E-state index in [0.717, 1.165) is 24.3 Å². The molecule has 2 heterocycles. The van der Waals surface area contributed by atoms with Crippen LogP contribution in [-0.2, 0) is 0 Å². The highest BCUT2D eigenvalue weighted by Crippen LogP contribution is 2.36. The van der Waals surface area contributed by atoms with Crippen molar-refractivity contribution in [1.29, 1.82) is 0 Å². The highest BCUT2D eigenvalue weighted by Gasteiger charge is 2.39. The molecule has 1 saturated carbocycles. The van der Waals surface area contributed by atoms with Crippen molar-refractivity contribution in [3.63, 3.8) is 0 Å². The largest absolute Gasteiger partial charge is 0.355 e. The Hall–Kier alpha value is 0.660. The van der Waals surface area contributed by atoms with E-state index < -0.39 is 0 Å². The average molecular weight is 485 g/mol. The van der Waals surface area contributed by atoms with Gasteiger partial charge in [-0.3, -0.25) is 9.89 Å². The molecule has 3 fully saturated rings. The third kappa shape index (κ3) is 5.58. The van der Waals surface area contributed by atoms with Crippen molar-refractivity contribution in [2.24, 2.45) is 4.99 Å². The van der Waals surface area contributed by atoms with Gasteiger partial charge in [-0.1, -0.05) is 12.8 Å². The van der Waals surface area contributed by atoms with E-state index in [2.05, 4.69) is 44.0 Å². The molecule has 2 aliphatic heterocycles. The van der Waals surface area contributed by atoms with Crippen LogP contribution in [0.3, 0.4) is 0 Å². The minimum atomic E-state index is 0. The lowest BCUT2D eigenvalue weighted by atomic mass is 9.94. The molecule has 7 heteroatoms. The molecule has 2 N–H and O–H groups in total. The summed E-state index contributed by atoms with van der Waals surface area (Å²) in [5, 5.41) is 7.98. The monoisotopic (exact) mass is 484 g/mol. The molecule has 140 valence electrons. The highest BCUT2D eigenvalue weighted by molar-refractivity contribution is 14.0. The second kappa shape index (κ2) is 10.7. The summed E-state index contributed by atoms with van der Waals surface area (Å²) in [5.41, 5.74) is 0.376. The fourth-order valence-corrected chi connectivity index (χ4v) is 6.26. The summed E-state index contributed by atoms with van der Waals surface area (Å²) in [5.74, 6) is 4.92. The van der Waals surface area contributed by atoms with Crippen LogP contribution in [0.5, 0.6) is 0 Å². The second-order valence-corrected chi connectivity index (χ2v) is 9.61. The number of hydrogen-bond acceptors (Lipinski definition) is 4. The molecule has 0 amide bonds. The van der Waals surface area contributed by atoms with Crippen LogP contribution in [0, 0.1) is 0 Å². The Bertz CT molecular complexity index is 390. The van der Waals surface area contributed by atoms with Crippen LogP contribution in [-0.4, -0.2) is 72.1 Å². The van der Waals surface area contributed by atoms with E-state index in [1.54, 1.807) is 0 Å². The molecule has 1 unspecified atom stereocenters. The lowest BCUT2D eigenvalue weighted by molar-refractivity contribution is 0.107. The second-order valence-electron chi connectivity index (χ2n) is 6.97. The number of rotatable bonds is 5. The Morgan fingerprint density at radius 2 is 1.88 bits per heavy atom. The molecule has 0 spiro atoms. The smallest absolute Gasteiger partial charge is 0.191 e. The predicted octanol–water partition coefficient (Wildman–Crippen LogP) is 3.03. The van der Waals surface area contributed by atoms with Gasteiger partial charge < -0.3 is 10.6 Å². The molecule has 1 aliphatic carbocycles. The van der Waals surface area contributed by atoms with Gasteiger partial charge >= 0.3 is 0 Å². The minimum Gasteiger partial charge on any atom is -0.355 e. The maximum atomic E-state index is 4.45. The van der Waals surface area contributed by atoms with Crippen LogP contribution in [0.2, 0.25) is 0 Å². The normalized spacial score (nSPS) is 27.7. The summed E-state index contributed by atoms with van der Waals surface area (Å²) in [6, 6.07) is 0. The Kier molecular flexibility index (Phi) is 9.37. The van der Waals surface area contributed by atoms with Gasteiger partial charge in [-0.2, -0.15) is 23.5 Å². The van der Waals surface area contributed by atoms with E-state index in [0.29, 0.717) is 5.54 Å². The first-order chi connectivity index (χ1) is 11.3. The van der Waals surface area contributed by atoms with Gasteiger partial charge in [0.25, 0.3) is 0 Å². The van der Waals surface area contributed by atoms with Crippen LogP contribution in [0.25, 0.3) is 0 Å². The van der Waals surface area contributed by atoms with Crippen molar-refractivity contribution in [3.8, 4) is 0 Å². The summed E-state index contributed by atoms with van der Waals surface area (Å²) < 4.78 is 0. The summed E-state index contributed by atoms with van der Waals surface area (Å²) in [6.07, 6.45) is 8.19. The molecule has 0 bridgehead atoms. The summed E-state index contributed by atoms with van der Waals surface area (Å²) in [7, 11) is 1.90. The van der Waals surface area contributed by atoms with Crippen LogP contribution in [0.1, 0.15) is 38.5 Å². The minimum absolute atomic E-state index is 0. The maximum Gasteiger partial charge on any atom is 0.191 e. The van der Waals surface area contributed by atoms with Gasteiger partial charge in [0.1, 0.15) is 0 Å². The van der Waals surface area contributed by atoms with E-state index in [1.807, 2.05) is 7.05 Å². The van der Waals surface area contributed by atoms with Crippen molar-refractivity contribution < 1.29 is 0 Å². The zero-order valence-electron chi connectivity index (χ0n) is 14.9. The van der Waals surface area contributed by atoms with Crippen molar-refractivity contribution in [2.75, 3.05) is 50.5 Å². The third-order valence-electron chi connectivity index (χ3n) is 5.55. The lowest BCUT2D eigenvalue weighted by Crippen LogP contribution is -2.57. The van der Waals surface area contributed by atoms with Gasteiger partial charge in [-0.05, 0) is 31.4 Å². The van der Waals surface area contributed by atoms with Crippen LogP contribution in [0.15, 0.2) is 4.99 Å². The maximum absolute atomic E-state index is 4.45. The van der Waals surface area contributed by atoms with E-state index >= 15 is 0 Å². The van der Waals surface area contributed by atoms with Gasteiger partial charge in [-0.15, -0.1) is 24.0 Å². The number of aliphatic imine (C=N–C) groups is 1. The number of halogens is 1. The first-order valence-electron chi connectivity index (χ1n) is 9.21. The Morgan fingerprint density at radius 3 is 2.50 bits per heavy atom. The number of hydrogen-bond donors (Lipinski definition) is 2. The highest BCUT2D eigenvalue weighted by atomic mass is 127. The zero-order chi connectivity index (χ0) is 16.0. The van der Waals surface area contributed by atoms with Crippen molar-refractivity contribution >= 4 is 53.5 Å². The van der Waals surface area contributed by atoms with E-state index in [-0.39, 0.29) is 24.0 Å². The van der Waals surface area contributed by atoms with Gasteiger partial charge in [-0.25, -0.2) is 0 Å². The molecule has 1 atom stereocenters. The van der Waals surface area contributed by atoms with Gasteiger partial charge in [0.2, 0.25) is 0 Å². The summed E-state index contributed by atoms with van der Waals surface area (Å²) in [4.78, 5) is 7.22. The first kappa shape index (κ1) is 21.0. The summed E-state index contributed by atoms with van der Waals surface area (Å²) >= 11 is 4.21. The van der Waals surface area contributed by atoms with E-state index in [4.69, 9.17) is 0 Å². The van der Waals surface area contributed by atoms with E-state index in [1.165, 1.54) is 68.9 Å². The molecule has 4 nitrogen and oxygen atoms in total. The fourth-order valence-electron chi connectivity index (χ4n) is 4.16. The first-order valence-corrected chi connectivity index (χ1v) is 11.4. The van der Waals surface area contributed by atoms with Crippen LogP contribution >= 0.6 is 47.5 Å². The lowest BCUT2D eigenvalue weighted by Gasteiger charge is -2.43. The molecule has 3 aliphatic rings. The molecule has 0 aromatic carbocycles. The number of thioether (sulfide) groups is 2. The summed E-state index contributed by atoms with van der Waals surface area (Å²) in [6.45, 7) is 4.63. The molecule has 0 aromatic heterocycles. The zero-order valence-corrected chi connectivity index (χ0v) is 18.9. The molecule has 2 saturated heterocycles. The third-order valence-corrected chi connectivity index (χ3v) is 7.89. The van der Waals surface area contributed by atoms with Crippen molar-refractivity contribution in [1.82, 2.24) is 15.5 Å². The van der Waals surface area contributed by atoms with Crippen LogP contribution in [0.4, 0.5) is 0 Å². The number of guanidine groups is 1. The fraction of sp³-hybridized carbons (Fsp3) is 0.941. The molecule has 0 radical (unpaired) electrons. The average Bonchev–Trinajstić information content (AvgIpc) is 3.28. The van der Waals surface area contributed by atoms with Gasteiger partial charge in [0, 0.05) is 55.5 Å². The molecular weight excluding hydrogens is 451 g/mol. The van der Waals surface area contributed by atoms with E-state index in [9.17, 15) is 0 Å².